The largest absolute Gasteiger partial charge is 0.326 e. The van der Waals surface area contributed by atoms with Crippen molar-refractivity contribution < 1.29 is 9.59 Å². The van der Waals surface area contributed by atoms with Gasteiger partial charge in [-0.1, -0.05) is 24.3 Å². The number of amides is 2. The van der Waals surface area contributed by atoms with Crippen LogP contribution in [-0.2, 0) is 11.2 Å². The molecule has 0 saturated carbocycles. The van der Waals surface area contributed by atoms with E-state index in [-0.39, 0.29) is 23.6 Å². The van der Waals surface area contributed by atoms with Crippen molar-refractivity contribution in [2.24, 2.45) is 0 Å². The summed E-state index contributed by atoms with van der Waals surface area (Å²) in [5, 5.41) is 5.52. The Morgan fingerprint density at radius 2 is 1.79 bits per heavy atom. The molecule has 2 amide bonds. The molecule has 1 aromatic heterocycles. The number of carbonyl (C=O) groups excluding carboxylic acids is 2. The lowest BCUT2D eigenvalue weighted by molar-refractivity contribution is -0.114. The summed E-state index contributed by atoms with van der Waals surface area (Å²) in [7, 11) is 0. The minimum absolute atomic E-state index is 0.172. The molecule has 2 heterocycles. The van der Waals surface area contributed by atoms with Gasteiger partial charge in [-0.25, -0.2) is 9.97 Å². The number of para-hydroxylation sites is 1. The fraction of sp³-hybridized carbons (Fsp3) is 0.182. The summed E-state index contributed by atoms with van der Waals surface area (Å²) in [5.74, 6) is -0.00945. The van der Waals surface area contributed by atoms with Crippen LogP contribution < -0.4 is 15.5 Å². The van der Waals surface area contributed by atoms with Gasteiger partial charge in [0.25, 0.3) is 5.91 Å². The first-order valence-electron chi connectivity index (χ1n) is 9.40. The molecule has 2 aromatic carbocycles. The van der Waals surface area contributed by atoms with Crippen LogP contribution >= 0.6 is 0 Å². The van der Waals surface area contributed by atoms with E-state index < -0.39 is 0 Å². The molecule has 0 fully saturated rings. The Bertz CT molecular complexity index is 1080. The Morgan fingerprint density at radius 3 is 2.59 bits per heavy atom. The highest BCUT2D eigenvalue weighted by Crippen LogP contribution is 2.36. The minimum Gasteiger partial charge on any atom is -0.326 e. The molecule has 1 aliphatic rings. The Hall–Kier alpha value is -3.74. The highest BCUT2D eigenvalue weighted by molar-refractivity contribution is 6.03. The topological polar surface area (TPSA) is 87.2 Å². The number of nitrogens with zero attached hydrogens (tertiary/aromatic N) is 3. The Morgan fingerprint density at radius 1 is 1.03 bits per heavy atom. The summed E-state index contributed by atoms with van der Waals surface area (Å²) in [5.41, 5.74) is 3.77. The molecule has 4 rings (SSSR count). The average Bonchev–Trinajstić information content (AvgIpc) is 3.03. The molecule has 0 radical (unpaired) electrons. The second-order valence-electron chi connectivity index (χ2n) is 7.01. The highest BCUT2D eigenvalue weighted by atomic mass is 16.2. The van der Waals surface area contributed by atoms with E-state index in [9.17, 15) is 9.59 Å². The van der Waals surface area contributed by atoms with E-state index in [4.69, 9.17) is 0 Å². The van der Waals surface area contributed by atoms with Gasteiger partial charge in [0.15, 0.2) is 0 Å². The number of carbonyl (C=O) groups is 2. The van der Waals surface area contributed by atoms with Gasteiger partial charge >= 0.3 is 0 Å². The van der Waals surface area contributed by atoms with Crippen molar-refractivity contribution in [3.63, 3.8) is 0 Å². The van der Waals surface area contributed by atoms with Gasteiger partial charge in [0.05, 0.1) is 0 Å². The van der Waals surface area contributed by atoms with Crippen molar-refractivity contribution in [2.75, 3.05) is 15.5 Å². The maximum atomic E-state index is 12.7. The maximum Gasteiger partial charge on any atom is 0.274 e. The van der Waals surface area contributed by atoms with Crippen LogP contribution in [0.3, 0.4) is 0 Å². The van der Waals surface area contributed by atoms with Gasteiger partial charge in [-0.15, -0.1) is 0 Å². The quantitative estimate of drug-likeness (QED) is 0.712. The number of aromatic nitrogens is 2. The minimum atomic E-state index is -0.339. The number of rotatable bonds is 4. The molecule has 0 spiro atoms. The van der Waals surface area contributed by atoms with E-state index >= 15 is 0 Å². The van der Waals surface area contributed by atoms with Crippen molar-refractivity contribution >= 4 is 34.8 Å². The van der Waals surface area contributed by atoms with Crippen LogP contribution in [-0.4, -0.2) is 27.8 Å². The first-order valence-corrected chi connectivity index (χ1v) is 9.40. The van der Waals surface area contributed by atoms with Crippen LogP contribution in [0.4, 0.5) is 23.0 Å². The van der Waals surface area contributed by atoms with E-state index in [1.165, 1.54) is 12.5 Å². The van der Waals surface area contributed by atoms with Gasteiger partial charge in [-0.3, -0.25) is 9.59 Å². The monoisotopic (exact) mass is 387 g/mol. The SMILES string of the molecule is CC(=O)Nc1cccc(NC(=O)c2ccnc(N3c4ccccc4CC3C)n2)c1. The first-order chi connectivity index (χ1) is 14.0. The molecule has 146 valence electrons. The van der Waals surface area contributed by atoms with Crippen LogP contribution in [0.25, 0.3) is 0 Å². The van der Waals surface area contributed by atoms with Crippen molar-refractivity contribution in [3.05, 3.63) is 72.1 Å². The van der Waals surface area contributed by atoms with Crippen LogP contribution in [0.1, 0.15) is 29.9 Å². The third-order valence-corrected chi connectivity index (χ3v) is 4.74. The van der Waals surface area contributed by atoms with Crippen molar-refractivity contribution in [1.82, 2.24) is 9.97 Å². The molecule has 29 heavy (non-hydrogen) atoms. The first kappa shape index (κ1) is 18.6. The Balaban J connectivity index is 1.56. The second kappa shape index (κ2) is 7.71. The number of hydrogen-bond donors (Lipinski definition) is 2. The normalized spacial score (nSPS) is 15.0. The van der Waals surface area contributed by atoms with Gasteiger partial charge in [0.1, 0.15) is 5.69 Å². The molecule has 1 aliphatic heterocycles. The summed E-state index contributed by atoms with van der Waals surface area (Å²) in [6, 6.07) is 16.9. The number of hydrogen-bond acceptors (Lipinski definition) is 5. The van der Waals surface area contributed by atoms with Crippen LogP contribution in [0, 0.1) is 0 Å². The molecule has 2 N–H and O–H groups in total. The summed E-state index contributed by atoms with van der Waals surface area (Å²) >= 11 is 0. The van der Waals surface area contributed by atoms with Crippen molar-refractivity contribution in [1.29, 1.82) is 0 Å². The van der Waals surface area contributed by atoms with E-state index in [2.05, 4.69) is 38.5 Å². The Kier molecular flexibility index (Phi) is 4.95. The second-order valence-corrected chi connectivity index (χ2v) is 7.01. The van der Waals surface area contributed by atoms with Crippen LogP contribution in [0.2, 0.25) is 0 Å². The summed E-state index contributed by atoms with van der Waals surface area (Å²) < 4.78 is 0. The van der Waals surface area contributed by atoms with E-state index in [1.54, 1.807) is 36.5 Å². The molecule has 1 atom stereocenters. The molecule has 1 unspecified atom stereocenters. The molecular formula is C22H21N5O2. The zero-order valence-corrected chi connectivity index (χ0v) is 16.2. The van der Waals surface area contributed by atoms with E-state index in [0.717, 1.165) is 12.1 Å². The van der Waals surface area contributed by atoms with Gasteiger partial charge < -0.3 is 15.5 Å². The Labute approximate surface area is 168 Å². The number of benzene rings is 2. The average molecular weight is 387 g/mol. The lowest BCUT2D eigenvalue weighted by Crippen LogP contribution is -2.26. The lowest BCUT2D eigenvalue weighted by atomic mass is 10.1. The summed E-state index contributed by atoms with van der Waals surface area (Å²) in [6.07, 6.45) is 2.50. The zero-order valence-electron chi connectivity index (χ0n) is 16.2. The van der Waals surface area contributed by atoms with Gasteiger partial charge in [-0.05, 0) is 49.2 Å². The van der Waals surface area contributed by atoms with Gasteiger partial charge in [0, 0.05) is 36.2 Å². The van der Waals surface area contributed by atoms with Gasteiger partial charge in [0.2, 0.25) is 11.9 Å². The maximum absolute atomic E-state index is 12.7. The third kappa shape index (κ3) is 3.94. The summed E-state index contributed by atoms with van der Waals surface area (Å²) in [4.78, 5) is 34.9. The van der Waals surface area contributed by atoms with E-state index in [0.29, 0.717) is 17.3 Å². The van der Waals surface area contributed by atoms with Crippen LogP contribution in [0.5, 0.6) is 0 Å². The fourth-order valence-electron chi connectivity index (χ4n) is 3.53. The molecule has 3 aromatic rings. The van der Waals surface area contributed by atoms with Gasteiger partial charge in [-0.2, -0.15) is 0 Å². The van der Waals surface area contributed by atoms with Crippen molar-refractivity contribution in [2.45, 2.75) is 26.3 Å². The molecular weight excluding hydrogens is 366 g/mol. The molecule has 7 nitrogen and oxygen atoms in total. The standard InChI is InChI=1S/C22H21N5O2/c1-14-12-16-6-3-4-9-20(16)27(14)22-23-11-10-19(26-22)21(29)25-18-8-5-7-17(13-18)24-15(2)28/h3-11,13-14H,12H2,1-2H3,(H,24,28)(H,25,29). The number of fused-ring (bicyclic) bond motifs is 1. The number of nitrogens with one attached hydrogen (secondary N) is 2. The molecule has 0 saturated heterocycles. The predicted molar refractivity (Wildman–Crippen MR) is 112 cm³/mol. The zero-order chi connectivity index (χ0) is 20.4. The predicted octanol–water partition coefficient (Wildman–Crippen LogP) is 3.77. The molecule has 0 aliphatic carbocycles. The fourth-order valence-corrected chi connectivity index (χ4v) is 3.53. The lowest BCUT2D eigenvalue weighted by Gasteiger charge is -2.22. The number of anilines is 4. The molecule has 7 heteroatoms. The van der Waals surface area contributed by atoms with E-state index in [1.807, 2.05) is 18.2 Å². The summed E-state index contributed by atoms with van der Waals surface area (Å²) in [6.45, 7) is 3.55. The van der Waals surface area contributed by atoms with Crippen molar-refractivity contribution in [3.8, 4) is 0 Å². The highest BCUT2D eigenvalue weighted by Gasteiger charge is 2.29. The molecule has 0 bridgehead atoms. The smallest absolute Gasteiger partial charge is 0.274 e. The third-order valence-electron chi connectivity index (χ3n) is 4.74. The van der Waals surface area contributed by atoms with Crippen LogP contribution in [0.15, 0.2) is 60.8 Å².